The molecule has 10 nitrogen and oxygen atoms in total. The zero-order chi connectivity index (χ0) is 32.4. The van der Waals surface area contributed by atoms with Crippen LogP contribution in [-0.2, 0) is 6.18 Å². The van der Waals surface area contributed by atoms with Crippen molar-refractivity contribution in [2.45, 2.75) is 18.5 Å². The second-order valence-corrected chi connectivity index (χ2v) is 10.9. The molecule has 1 unspecified atom stereocenters. The number of carbonyl (C=O) groups is 2. The SMILES string of the molecule is O=C(Nc1ccc(N2CCN(C(=O)Nc3ccccc3F)CC2)nc1)c1oc(N2CCC(c3ccccc3F)C2)nc1C(F)(F)F. The first-order valence-corrected chi connectivity index (χ1v) is 14.5. The third kappa shape index (κ3) is 6.57. The Kier molecular flexibility index (Phi) is 8.47. The molecule has 0 bridgehead atoms. The van der Waals surface area contributed by atoms with E-state index in [0.717, 1.165) is 0 Å². The Morgan fingerprint density at radius 2 is 1.57 bits per heavy atom. The molecular weight excluding hydrogens is 613 g/mol. The van der Waals surface area contributed by atoms with Crippen molar-refractivity contribution in [3.05, 3.63) is 95.5 Å². The fourth-order valence-corrected chi connectivity index (χ4v) is 5.51. The maximum absolute atomic E-state index is 14.3. The number of alkyl halides is 3. The van der Waals surface area contributed by atoms with Gasteiger partial charge in [0.15, 0.2) is 5.69 Å². The lowest BCUT2D eigenvalue weighted by molar-refractivity contribution is -0.141. The van der Waals surface area contributed by atoms with E-state index in [1.54, 1.807) is 35.2 Å². The molecule has 0 saturated carbocycles. The minimum absolute atomic E-state index is 0.0857. The first kappa shape index (κ1) is 30.8. The van der Waals surface area contributed by atoms with Gasteiger partial charge in [0.25, 0.3) is 11.9 Å². The van der Waals surface area contributed by atoms with E-state index in [0.29, 0.717) is 44.0 Å². The molecule has 2 N–H and O–H groups in total. The second kappa shape index (κ2) is 12.7. The molecule has 2 aliphatic heterocycles. The molecule has 240 valence electrons. The van der Waals surface area contributed by atoms with Crippen LogP contribution in [0.15, 0.2) is 71.3 Å². The molecule has 2 saturated heterocycles. The molecule has 0 aliphatic carbocycles. The summed E-state index contributed by atoms with van der Waals surface area (Å²) in [7, 11) is 0. The van der Waals surface area contributed by atoms with E-state index in [9.17, 15) is 31.5 Å². The van der Waals surface area contributed by atoms with Gasteiger partial charge in [0.2, 0.25) is 5.76 Å². The average Bonchev–Trinajstić information content (AvgIpc) is 3.72. The average molecular weight is 642 g/mol. The summed E-state index contributed by atoms with van der Waals surface area (Å²) >= 11 is 0. The number of amides is 3. The molecule has 2 aromatic carbocycles. The molecule has 0 radical (unpaired) electrons. The smallest absolute Gasteiger partial charge is 0.417 e. The first-order valence-electron chi connectivity index (χ1n) is 14.5. The number of carbonyl (C=O) groups excluding carboxylic acids is 2. The molecule has 4 heterocycles. The van der Waals surface area contributed by atoms with Gasteiger partial charge in [0.1, 0.15) is 17.5 Å². The normalized spacial score (nSPS) is 16.9. The number of benzene rings is 2. The third-order valence-corrected chi connectivity index (χ3v) is 7.91. The van der Waals surface area contributed by atoms with Crippen molar-refractivity contribution >= 4 is 35.1 Å². The Balaban J connectivity index is 1.08. The van der Waals surface area contributed by atoms with Gasteiger partial charge >= 0.3 is 12.2 Å². The summed E-state index contributed by atoms with van der Waals surface area (Å²) in [5.74, 6) is -2.83. The number of aromatic nitrogens is 2. The van der Waals surface area contributed by atoms with E-state index < -0.39 is 41.2 Å². The molecule has 3 amide bonds. The van der Waals surface area contributed by atoms with E-state index >= 15 is 0 Å². The molecule has 6 rings (SSSR count). The molecule has 2 fully saturated rings. The molecule has 4 aromatic rings. The summed E-state index contributed by atoms with van der Waals surface area (Å²) in [5.41, 5.74) is -0.796. The minimum atomic E-state index is -4.96. The van der Waals surface area contributed by atoms with Gasteiger partial charge in [-0.15, -0.1) is 0 Å². The van der Waals surface area contributed by atoms with Gasteiger partial charge in [-0.25, -0.2) is 18.6 Å². The van der Waals surface area contributed by atoms with E-state index in [4.69, 9.17) is 4.42 Å². The molecule has 46 heavy (non-hydrogen) atoms. The van der Waals surface area contributed by atoms with Crippen molar-refractivity contribution in [3.8, 4) is 0 Å². The van der Waals surface area contributed by atoms with Crippen molar-refractivity contribution in [3.63, 3.8) is 0 Å². The maximum atomic E-state index is 14.3. The standard InChI is InChI=1S/C31H28F5N7O3/c32-22-6-2-1-5-21(22)19-11-12-43(18-19)30-40-27(31(34,35)36)26(46-30)28(44)38-20-9-10-25(37-17-20)41-13-15-42(16-14-41)29(45)39-24-8-4-3-7-23(24)33/h1-10,17,19H,11-16,18H2,(H,38,44)(H,39,45). The summed E-state index contributed by atoms with van der Waals surface area (Å²) in [4.78, 5) is 38.3. The van der Waals surface area contributed by atoms with Crippen molar-refractivity contribution in [1.82, 2.24) is 14.9 Å². The highest BCUT2D eigenvalue weighted by Gasteiger charge is 2.42. The monoisotopic (exact) mass is 641 g/mol. The quantitative estimate of drug-likeness (QED) is 0.250. The van der Waals surface area contributed by atoms with E-state index in [-0.39, 0.29) is 36.4 Å². The number of hydrogen-bond donors (Lipinski definition) is 2. The van der Waals surface area contributed by atoms with Crippen LogP contribution < -0.4 is 20.4 Å². The highest BCUT2D eigenvalue weighted by molar-refractivity contribution is 6.03. The molecule has 2 aromatic heterocycles. The predicted octanol–water partition coefficient (Wildman–Crippen LogP) is 5.97. The molecule has 15 heteroatoms. The highest BCUT2D eigenvalue weighted by atomic mass is 19.4. The Labute approximate surface area is 259 Å². The molecule has 2 aliphatic rings. The van der Waals surface area contributed by atoms with Crippen molar-refractivity contribution < 1.29 is 36.0 Å². The van der Waals surface area contributed by atoms with Crippen LogP contribution in [0.5, 0.6) is 0 Å². The lowest BCUT2D eigenvalue weighted by atomic mass is 9.98. The van der Waals surface area contributed by atoms with Crippen molar-refractivity contribution in [1.29, 1.82) is 0 Å². The number of oxazole rings is 1. The number of piperazine rings is 1. The fourth-order valence-electron chi connectivity index (χ4n) is 5.51. The summed E-state index contributed by atoms with van der Waals surface area (Å²) in [5, 5.41) is 4.94. The number of nitrogens with one attached hydrogen (secondary N) is 2. The predicted molar refractivity (Wildman–Crippen MR) is 159 cm³/mol. The van der Waals surface area contributed by atoms with E-state index in [2.05, 4.69) is 20.6 Å². The van der Waals surface area contributed by atoms with Crippen molar-refractivity contribution in [2.75, 3.05) is 59.7 Å². The lowest BCUT2D eigenvalue weighted by Gasteiger charge is -2.35. The minimum Gasteiger partial charge on any atom is -0.417 e. The van der Waals surface area contributed by atoms with Gasteiger partial charge in [0.05, 0.1) is 17.6 Å². The van der Waals surface area contributed by atoms with E-state index in [1.807, 2.05) is 4.90 Å². The largest absolute Gasteiger partial charge is 0.437 e. The number of rotatable bonds is 6. The zero-order valence-corrected chi connectivity index (χ0v) is 24.2. The highest BCUT2D eigenvalue weighted by Crippen LogP contribution is 2.37. The Morgan fingerprint density at radius 1 is 0.848 bits per heavy atom. The maximum Gasteiger partial charge on any atom is 0.437 e. The van der Waals surface area contributed by atoms with Crippen molar-refractivity contribution in [2.24, 2.45) is 0 Å². The number of anilines is 4. The summed E-state index contributed by atoms with van der Waals surface area (Å²) < 4.78 is 75.1. The van der Waals surface area contributed by atoms with Crippen LogP contribution in [0.1, 0.15) is 34.2 Å². The Hall–Kier alpha value is -5.21. The van der Waals surface area contributed by atoms with Crippen LogP contribution in [0.4, 0.5) is 50.0 Å². The van der Waals surface area contributed by atoms with Gasteiger partial charge in [-0.05, 0) is 42.3 Å². The molecule has 1 atom stereocenters. The summed E-state index contributed by atoms with van der Waals surface area (Å²) in [6.07, 6.45) is -3.19. The number of hydrogen-bond acceptors (Lipinski definition) is 7. The number of para-hydroxylation sites is 1. The fraction of sp³-hybridized carbons (Fsp3) is 0.290. The topological polar surface area (TPSA) is 107 Å². The lowest BCUT2D eigenvalue weighted by Crippen LogP contribution is -2.50. The van der Waals surface area contributed by atoms with E-state index in [1.165, 1.54) is 41.4 Å². The van der Waals surface area contributed by atoms with Crippen LogP contribution in [0.2, 0.25) is 0 Å². The number of urea groups is 1. The second-order valence-electron chi connectivity index (χ2n) is 10.9. The van der Waals surface area contributed by atoms with Crippen LogP contribution in [0, 0.1) is 11.6 Å². The summed E-state index contributed by atoms with van der Waals surface area (Å²) in [6.45, 7) is 1.98. The third-order valence-electron chi connectivity index (χ3n) is 7.91. The Morgan fingerprint density at radius 3 is 2.24 bits per heavy atom. The number of halogens is 5. The van der Waals surface area contributed by atoms with Gasteiger partial charge in [-0.1, -0.05) is 30.3 Å². The number of nitrogens with zero attached hydrogens (tertiary/aromatic N) is 5. The van der Waals surface area contributed by atoms with Gasteiger partial charge < -0.3 is 29.8 Å². The van der Waals surface area contributed by atoms with Crippen LogP contribution in [0.3, 0.4) is 0 Å². The summed E-state index contributed by atoms with van der Waals surface area (Å²) in [6, 6.07) is 14.4. The molecule has 0 spiro atoms. The number of pyridine rings is 1. The first-order chi connectivity index (χ1) is 22.1. The van der Waals surface area contributed by atoms with Gasteiger partial charge in [-0.2, -0.15) is 18.2 Å². The van der Waals surface area contributed by atoms with Crippen LogP contribution in [-0.4, -0.2) is 66.1 Å². The Bertz CT molecular complexity index is 1720. The molecular formula is C31H28F5N7O3. The zero-order valence-electron chi connectivity index (χ0n) is 24.2. The van der Waals surface area contributed by atoms with Crippen LogP contribution >= 0.6 is 0 Å². The van der Waals surface area contributed by atoms with Crippen LogP contribution in [0.25, 0.3) is 0 Å². The van der Waals surface area contributed by atoms with Gasteiger partial charge in [0, 0.05) is 45.2 Å². The van der Waals surface area contributed by atoms with Gasteiger partial charge in [-0.3, -0.25) is 4.79 Å².